The van der Waals surface area contributed by atoms with Gasteiger partial charge in [-0.15, -0.1) is 11.3 Å². The Morgan fingerprint density at radius 1 is 1.47 bits per heavy atom. The third kappa shape index (κ3) is 3.51. The molecule has 1 atom stereocenters. The molecular weight excluding hydrogens is 256 g/mol. The third-order valence-corrected chi connectivity index (χ3v) is 6.17. The SMILES string of the molecule is CCC(C)CN(C)S(=O)(=O)c1ccc(CN)s1. The molecule has 0 amide bonds. The molecule has 0 spiro atoms. The van der Waals surface area contributed by atoms with Crippen molar-refractivity contribution in [2.75, 3.05) is 13.6 Å². The van der Waals surface area contributed by atoms with Crippen LogP contribution in [-0.2, 0) is 16.6 Å². The fourth-order valence-corrected chi connectivity index (χ4v) is 4.16. The summed E-state index contributed by atoms with van der Waals surface area (Å²) in [7, 11) is -1.71. The highest BCUT2D eigenvalue weighted by Gasteiger charge is 2.23. The fourth-order valence-electron chi connectivity index (χ4n) is 1.43. The zero-order valence-electron chi connectivity index (χ0n) is 10.5. The van der Waals surface area contributed by atoms with Crippen LogP contribution in [0.3, 0.4) is 0 Å². The van der Waals surface area contributed by atoms with Crippen molar-refractivity contribution in [3.63, 3.8) is 0 Å². The van der Waals surface area contributed by atoms with E-state index in [1.807, 2.05) is 6.92 Å². The van der Waals surface area contributed by atoms with Crippen LogP contribution in [0.4, 0.5) is 0 Å². The molecule has 0 aliphatic heterocycles. The van der Waals surface area contributed by atoms with Crippen LogP contribution in [0.15, 0.2) is 16.3 Å². The second-order valence-corrected chi connectivity index (χ2v) is 7.66. The van der Waals surface area contributed by atoms with Crippen LogP contribution in [0.25, 0.3) is 0 Å². The van der Waals surface area contributed by atoms with E-state index in [1.54, 1.807) is 19.2 Å². The number of hydrogen-bond acceptors (Lipinski definition) is 4. The largest absolute Gasteiger partial charge is 0.326 e. The van der Waals surface area contributed by atoms with Gasteiger partial charge in [0, 0.05) is 25.0 Å². The number of hydrogen-bond donors (Lipinski definition) is 1. The Labute approximate surface area is 107 Å². The monoisotopic (exact) mass is 276 g/mol. The normalized spacial score (nSPS) is 14.2. The van der Waals surface area contributed by atoms with E-state index in [-0.39, 0.29) is 0 Å². The summed E-state index contributed by atoms with van der Waals surface area (Å²) in [5.41, 5.74) is 5.49. The average Bonchev–Trinajstić information content (AvgIpc) is 2.77. The number of rotatable bonds is 6. The molecule has 0 aliphatic rings. The molecule has 1 aromatic rings. The first-order valence-electron chi connectivity index (χ1n) is 5.67. The van der Waals surface area contributed by atoms with Gasteiger partial charge in [-0.25, -0.2) is 8.42 Å². The van der Waals surface area contributed by atoms with E-state index in [9.17, 15) is 8.42 Å². The minimum absolute atomic E-state index is 0.365. The number of nitrogens with two attached hydrogens (primary N) is 1. The molecule has 4 nitrogen and oxygen atoms in total. The van der Waals surface area contributed by atoms with Crippen molar-refractivity contribution >= 4 is 21.4 Å². The Kier molecular flexibility index (Phi) is 5.12. The van der Waals surface area contributed by atoms with Gasteiger partial charge in [0.05, 0.1) is 0 Å². The summed E-state index contributed by atoms with van der Waals surface area (Å²) in [5, 5.41) is 0. The molecule has 0 aromatic carbocycles. The maximum Gasteiger partial charge on any atom is 0.252 e. The van der Waals surface area contributed by atoms with Crippen LogP contribution in [0.5, 0.6) is 0 Å². The highest BCUT2D eigenvalue weighted by Crippen LogP contribution is 2.24. The molecule has 1 rings (SSSR count). The first-order valence-corrected chi connectivity index (χ1v) is 7.92. The van der Waals surface area contributed by atoms with Gasteiger partial charge in [-0.1, -0.05) is 20.3 Å². The maximum absolute atomic E-state index is 12.2. The summed E-state index contributed by atoms with van der Waals surface area (Å²) < 4.78 is 26.2. The first-order chi connectivity index (χ1) is 7.91. The Balaban J connectivity index is 2.87. The Bertz CT molecular complexity index is 454. The molecule has 0 bridgehead atoms. The standard InChI is InChI=1S/C11H20N2O2S2/c1-4-9(2)8-13(3)17(14,15)11-6-5-10(7-12)16-11/h5-6,9H,4,7-8,12H2,1-3H3. The number of thiophene rings is 1. The van der Waals surface area contributed by atoms with Gasteiger partial charge in [-0.05, 0) is 18.1 Å². The molecule has 0 fully saturated rings. The molecular formula is C11H20N2O2S2. The van der Waals surface area contributed by atoms with Crippen molar-refractivity contribution < 1.29 is 8.42 Å². The first kappa shape index (κ1) is 14.6. The van der Waals surface area contributed by atoms with E-state index in [2.05, 4.69) is 6.92 Å². The molecule has 1 unspecified atom stereocenters. The van der Waals surface area contributed by atoms with E-state index in [4.69, 9.17) is 5.73 Å². The second kappa shape index (κ2) is 5.95. The van der Waals surface area contributed by atoms with Crippen LogP contribution < -0.4 is 5.73 Å². The molecule has 6 heteroatoms. The molecule has 1 aromatic heterocycles. The summed E-state index contributed by atoms with van der Waals surface area (Å²) in [6.45, 7) is 5.04. The predicted molar refractivity (Wildman–Crippen MR) is 71.5 cm³/mol. The van der Waals surface area contributed by atoms with Gasteiger partial charge in [0.1, 0.15) is 4.21 Å². The van der Waals surface area contributed by atoms with E-state index in [1.165, 1.54) is 15.6 Å². The van der Waals surface area contributed by atoms with Gasteiger partial charge in [0.2, 0.25) is 0 Å². The summed E-state index contributed by atoms with van der Waals surface area (Å²) in [4.78, 5) is 0.889. The molecule has 2 N–H and O–H groups in total. The lowest BCUT2D eigenvalue weighted by Gasteiger charge is -2.19. The van der Waals surface area contributed by atoms with Crippen molar-refractivity contribution in [3.05, 3.63) is 17.0 Å². The molecule has 98 valence electrons. The van der Waals surface area contributed by atoms with Crippen LogP contribution in [0.1, 0.15) is 25.1 Å². The zero-order chi connectivity index (χ0) is 13.1. The highest BCUT2D eigenvalue weighted by atomic mass is 32.2. The molecule has 0 aliphatic carbocycles. The van der Waals surface area contributed by atoms with Gasteiger partial charge in [-0.3, -0.25) is 0 Å². The molecule has 0 radical (unpaired) electrons. The van der Waals surface area contributed by atoms with Gasteiger partial charge in [0.25, 0.3) is 10.0 Å². The van der Waals surface area contributed by atoms with Gasteiger partial charge in [-0.2, -0.15) is 4.31 Å². The lowest BCUT2D eigenvalue weighted by Crippen LogP contribution is -2.30. The van der Waals surface area contributed by atoms with Crippen molar-refractivity contribution in [1.82, 2.24) is 4.31 Å². The number of nitrogens with zero attached hydrogens (tertiary/aromatic N) is 1. The predicted octanol–water partition coefficient (Wildman–Crippen LogP) is 1.87. The molecule has 17 heavy (non-hydrogen) atoms. The quantitative estimate of drug-likeness (QED) is 0.862. The second-order valence-electron chi connectivity index (χ2n) is 4.22. The van der Waals surface area contributed by atoms with E-state index in [0.29, 0.717) is 23.2 Å². The summed E-state index contributed by atoms with van der Waals surface area (Å²) in [5.74, 6) is 0.365. The molecule has 1 heterocycles. The lowest BCUT2D eigenvalue weighted by atomic mass is 10.1. The Hall–Kier alpha value is -0.430. The van der Waals surface area contributed by atoms with Crippen molar-refractivity contribution in [3.8, 4) is 0 Å². The van der Waals surface area contributed by atoms with E-state index < -0.39 is 10.0 Å². The van der Waals surface area contributed by atoms with Crippen LogP contribution >= 0.6 is 11.3 Å². The van der Waals surface area contributed by atoms with Gasteiger partial charge < -0.3 is 5.73 Å². The van der Waals surface area contributed by atoms with Crippen LogP contribution in [0, 0.1) is 5.92 Å². The van der Waals surface area contributed by atoms with Crippen molar-refractivity contribution in [2.24, 2.45) is 11.7 Å². The van der Waals surface area contributed by atoms with E-state index >= 15 is 0 Å². The van der Waals surface area contributed by atoms with E-state index in [0.717, 1.165) is 11.3 Å². The fraction of sp³-hybridized carbons (Fsp3) is 0.636. The molecule has 0 saturated carbocycles. The van der Waals surface area contributed by atoms with Crippen LogP contribution in [0.2, 0.25) is 0 Å². The Morgan fingerprint density at radius 3 is 2.59 bits per heavy atom. The van der Waals surface area contributed by atoms with Crippen molar-refractivity contribution in [1.29, 1.82) is 0 Å². The summed E-state index contributed by atoms with van der Waals surface area (Å²) in [6.07, 6.45) is 0.971. The Morgan fingerprint density at radius 2 is 2.12 bits per heavy atom. The molecule has 0 saturated heterocycles. The smallest absolute Gasteiger partial charge is 0.252 e. The average molecular weight is 276 g/mol. The van der Waals surface area contributed by atoms with Crippen molar-refractivity contribution in [2.45, 2.75) is 31.0 Å². The van der Waals surface area contributed by atoms with Gasteiger partial charge in [0.15, 0.2) is 0 Å². The third-order valence-electron chi connectivity index (χ3n) is 2.77. The van der Waals surface area contributed by atoms with Crippen LogP contribution in [-0.4, -0.2) is 26.3 Å². The summed E-state index contributed by atoms with van der Waals surface area (Å²) in [6, 6.07) is 3.41. The zero-order valence-corrected chi connectivity index (χ0v) is 12.1. The minimum atomic E-state index is -3.34. The van der Waals surface area contributed by atoms with Gasteiger partial charge >= 0.3 is 0 Å². The summed E-state index contributed by atoms with van der Waals surface area (Å²) >= 11 is 1.25. The minimum Gasteiger partial charge on any atom is -0.326 e. The topological polar surface area (TPSA) is 63.4 Å². The lowest BCUT2D eigenvalue weighted by molar-refractivity contribution is 0.394. The maximum atomic E-state index is 12.2. The highest BCUT2D eigenvalue weighted by molar-refractivity contribution is 7.91. The number of sulfonamides is 1.